The molecule has 2 rings (SSSR count). The van der Waals surface area contributed by atoms with Crippen molar-refractivity contribution in [2.24, 2.45) is 0 Å². The van der Waals surface area contributed by atoms with Crippen LogP contribution in [-0.2, 0) is 16.0 Å². The van der Waals surface area contributed by atoms with Crippen LogP contribution in [0.25, 0.3) is 0 Å². The Hall–Kier alpha value is -2.33. The van der Waals surface area contributed by atoms with E-state index in [4.69, 9.17) is 11.6 Å². The fraction of sp³-hybridized carbons (Fsp3) is 0.300. The molecule has 0 saturated carbocycles. The highest BCUT2D eigenvalue weighted by Gasteiger charge is 2.10. The maximum Gasteiger partial charge on any atom is 0.243 e. The van der Waals surface area contributed by atoms with Crippen LogP contribution >= 0.6 is 11.6 Å². The molecule has 0 spiro atoms. The largest absolute Gasteiger partial charge is 0.347 e. The predicted octanol–water partition coefficient (Wildman–Crippen LogP) is 3.95. The van der Waals surface area contributed by atoms with Crippen LogP contribution in [0.4, 0.5) is 5.69 Å². The van der Waals surface area contributed by atoms with Gasteiger partial charge in [-0.25, -0.2) is 0 Å². The number of rotatable bonds is 6. The van der Waals surface area contributed by atoms with E-state index in [0.717, 1.165) is 27.9 Å². The lowest BCUT2D eigenvalue weighted by atomic mass is 10.1. The van der Waals surface area contributed by atoms with E-state index in [9.17, 15) is 9.59 Å². The van der Waals surface area contributed by atoms with E-state index in [-0.39, 0.29) is 18.4 Å². The van der Waals surface area contributed by atoms with Gasteiger partial charge in [0.1, 0.15) is 0 Å². The maximum absolute atomic E-state index is 12.1. The van der Waals surface area contributed by atoms with Crippen molar-refractivity contribution < 1.29 is 9.59 Å². The lowest BCUT2D eigenvalue weighted by molar-refractivity contribution is -0.124. The molecule has 0 atom stereocenters. The van der Waals surface area contributed by atoms with Gasteiger partial charge in [0.15, 0.2) is 0 Å². The smallest absolute Gasteiger partial charge is 0.243 e. The number of nitrogens with one attached hydrogen (secondary N) is 2. The summed E-state index contributed by atoms with van der Waals surface area (Å²) in [6, 6.07) is 11.4. The highest BCUT2D eigenvalue weighted by Crippen LogP contribution is 2.21. The number of carbonyl (C=O) groups is 2. The summed E-state index contributed by atoms with van der Waals surface area (Å²) in [5, 5.41) is 6.20. The minimum Gasteiger partial charge on any atom is -0.347 e. The average Bonchev–Trinajstić information content (AvgIpc) is 2.55. The van der Waals surface area contributed by atoms with Gasteiger partial charge in [-0.15, -0.1) is 0 Å². The van der Waals surface area contributed by atoms with Gasteiger partial charge < -0.3 is 10.6 Å². The van der Waals surface area contributed by atoms with Crippen LogP contribution in [0, 0.1) is 20.8 Å². The molecule has 0 fully saturated rings. The molecule has 2 aromatic rings. The predicted molar refractivity (Wildman–Crippen MR) is 102 cm³/mol. The van der Waals surface area contributed by atoms with Gasteiger partial charge in [-0.05, 0) is 56.0 Å². The number of carbonyl (C=O) groups excluding carboxylic acids is 2. The van der Waals surface area contributed by atoms with Gasteiger partial charge in [-0.2, -0.15) is 0 Å². The van der Waals surface area contributed by atoms with Crippen molar-refractivity contribution in [2.45, 2.75) is 33.6 Å². The Labute approximate surface area is 153 Å². The zero-order valence-corrected chi connectivity index (χ0v) is 15.5. The standard InChI is InChI=1S/C20H23ClN2O2/c1-13-10-14(2)20(15(3)11-13)23-19(25)12-22-18(24)9-6-16-4-7-17(21)8-5-16/h4-5,7-8,10-11H,6,9,12H2,1-3H3,(H,22,24)(H,23,25). The number of hydrogen-bond donors (Lipinski definition) is 2. The zero-order valence-electron chi connectivity index (χ0n) is 14.8. The van der Waals surface area contributed by atoms with E-state index in [0.29, 0.717) is 17.9 Å². The van der Waals surface area contributed by atoms with Crippen molar-refractivity contribution in [1.82, 2.24) is 5.32 Å². The lowest BCUT2D eigenvalue weighted by Gasteiger charge is -2.13. The van der Waals surface area contributed by atoms with Crippen LogP contribution in [0.3, 0.4) is 0 Å². The van der Waals surface area contributed by atoms with Crippen LogP contribution in [0.5, 0.6) is 0 Å². The number of benzene rings is 2. The second kappa shape index (κ2) is 8.67. The highest BCUT2D eigenvalue weighted by molar-refractivity contribution is 6.30. The van der Waals surface area contributed by atoms with Crippen molar-refractivity contribution in [2.75, 3.05) is 11.9 Å². The highest BCUT2D eigenvalue weighted by atomic mass is 35.5. The zero-order chi connectivity index (χ0) is 18.4. The fourth-order valence-electron chi connectivity index (χ4n) is 2.74. The lowest BCUT2D eigenvalue weighted by Crippen LogP contribution is -2.33. The van der Waals surface area contributed by atoms with E-state index in [1.165, 1.54) is 0 Å². The molecule has 0 aliphatic carbocycles. The summed E-state index contributed by atoms with van der Waals surface area (Å²) in [6.07, 6.45) is 0.943. The topological polar surface area (TPSA) is 58.2 Å². The SMILES string of the molecule is Cc1cc(C)c(NC(=O)CNC(=O)CCc2ccc(Cl)cc2)c(C)c1. The van der Waals surface area contributed by atoms with Crippen LogP contribution in [-0.4, -0.2) is 18.4 Å². The van der Waals surface area contributed by atoms with Crippen molar-refractivity contribution in [3.05, 3.63) is 63.7 Å². The Morgan fingerprint density at radius 1 is 0.960 bits per heavy atom. The molecule has 0 aliphatic heterocycles. The second-order valence-electron chi connectivity index (χ2n) is 6.23. The second-order valence-corrected chi connectivity index (χ2v) is 6.66. The normalized spacial score (nSPS) is 10.4. The van der Waals surface area contributed by atoms with Crippen LogP contribution in [0.2, 0.25) is 5.02 Å². The summed E-state index contributed by atoms with van der Waals surface area (Å²) in [6.45, 7) is 5.90. The molecule has 25 heavy (non-hydrogen) atoms. The van der Waals surface area contributed by atoms with Crippen molar-refractivity contribution in [1.29, 1.82) is 0 Å². The third-order valence-corrected chi connectivity index (χ3v) is 4.19. The van der Waals surface area contributed by atoms with Crippen LogP contribution in [0.15, 0.2) is 36.4 Å². The van der Waals surface area contributed by atoms with E-state index in [1.54, 1.807) is 12.1 Å². The number of hydrogen-bond acceptors (Lipinski definition) is 2. The number of amides is 2. The Morgan fingerprint density at radius 2 is 1.56 bits per heavy atom. The molecular weight excluding hydrogens is 336 g/mol. The van der Waals surface area contributed by atoms with E-state index in [1.807, 2.05) is 45.0 Å². The molecular formula is C20H23ClN2O2. The minimum atomic E-state index is -0.227. The summed E-state index contributed by atoms with van der Waals surface area (Å²) < 4.78 is 0. The van der Waals surface area contributed by atoms with E-state index in [2.05, 4.69) is 10.6 Å². The third-order valence-electron chi connectivity index (χ3n) is 3.94. The molecule has 2 amide bonds. The molecule has 0 radical (unpaired) electrons. The molecule has 2 N–H and O–H groups in total. The van der Waals surface area contributed by atoms with Crippen molar-refractivity contribution >= 4 is 29.1 Å². The monoisotopic (exact) mass is 358 g/mol. The Kier molecular flexibility index (Phi) is 6.59. The first kappa shape index (κ1) is 19.0. The summed E-state index contributed by atoms with van der Waals surface area (Å²) in [4.78, 5) is 24.0. The quantitative estimate of drug-likeness (QED) is 0.821. The summed E-state index contributed by atoms with van der Waals surface area (Å²) in [5.74, 6) is -0.377. The molecule has 0 aromatic heterocycles. The third kappa shape index (κ3) is 5.91. The van der Waals surface area contributed by atoms with Gasteiger partial charge in [-0.3, -0.25) is 9.59 Å². The van der Waals surface area contributed by atoms with Crippen LogP contribution < -0.4 is 10.6 Å². The maximum atomic E-state index is 12.1. The average molecular weight is 359 g/mol. The van der Waals surface area contributed by atoms with E-state index >= 15 is 0 Å². The Bertz CT molecular complexity index is 747. The molecule has 0 heterocycles. The Morgan fingerprint density at radius 3 is 2.16 bits per heavy atom. The number of halogens is 1. The number of anilines is 1. The Balaban J connectivity index is 1.79. The van der Waals surface area contributed by atoms with Gasteiger partial charge in [-0.1, -0.05) is 41.4 Å². The first-order valence-corrected chi connectivity index (χ1v) is 8.62. The first-order chi connectivity index (χ1) is 11.8. The molecule has 0 saturated heterocycles. The first-order valence-electron chi connectivity index (χ1n) is 8.24. The molecule has 4 nitrogen and oxygen atoms in total. The molecule has 0 aliphatic rings. The van der Waals surface area contributed by atoms with Gasteiger partial charge in [0.05, 0.1) is 6.54 Å². The van der Waals surface area contributed by atoms with Crippen molar-refractivity contribution in [3.8, 4) is 0 Å². The summed E-state index contributed by atoms with van der Waals surface area (Å²) in [5.41, 5.74) is 5.03. The van der Waals surface area contributed by atoms with E-state index < -0.39 is 0 Å². The molecule has 132 valence electrons. The molecule has 0 unspecified atom stereocenters. The fourth-order valence-corrected chi connectivity index (χ4v) is 2.86. The van der Waals surface area contributed by atoms with Gasteiger partial charge >= 0.3 is 0 Å². The minimum absolute atomic E-state index is 0.0355. The summed E-state index contributed by atoms with van der Waals surface area (Å²) in [7, 11) is 0. The number of aryl methyl sites for hydroxylation is 4. The summed E-state index contributed by atoms with van der Waals surface area (Å²) >= 11 is 5.83. The van der Waals surface area contributed by atoms with Gasteiger partial charge in [0.2, 0.25) is 11.8 Å². The molecule has 5 heteroatoms. The molecule has 2 aromatic carbocycles. The van der Waals surface area contributed by atoms with Gasteiger partial charge in [0.25, 0.3) is 0 Å². The van der Waals surface area contributed by atoms with Crippen LogP contribution in [0.1, 0.15) is 28.7 Å². The van der Waals surface area contributed by atoms with Gasteiger partial charge in [0, 0.05) is 17.1 Å². The molecule has 0 bridgehead atoms. The van der Waals surface area contributed by atoms with Crippen molar-refractivity contribution in [3.63, 3.8) is 0 Å².